The number of thiazole rings is 1. The summed E-state index contributed by atoms with van der Waals surface area (Å²) in [4.78, 5) is 7.01. The molecule has 1 aromatic carbocycles. The second-order valence-electron chi connectivity index (χ2n) is 7.40. The van der Waals surface area contributed by atoms with Crippen LogP contribution in [0, 0.1) is 12.7 Å². The summed E-state index contributed by atoms with van der Waals surface area (Å²) in [7, 11) is 0. The van der Waals surface area contributed by atoms with Crippen LogP contribution in [-0.2, 0) is 9.47 Å². The molecule has 2 saturated heterocycles. The summed E-state index contributed by atoms with van der Waals surface area (Å²) < 4.78 is 27.2. The Bertz CT molecular complexity index is 1000. The number of nitrogens with zero attached hydrogens (tertiary/aromatic N) is 3. The van der Waals surface area contributed by atoms with E-state index in [2.05, 4.69) is 10.1 Å². The minimum atomic E-state index is -0.471. The number of aromatic nitrogens is 3. The largest absolute Gasteiger partial charge is 0.492 e. The third-order valence-corrected chi connectivity index (χ3v) is 6.71. The van der Waals surface area contributed by atoms with Crippen molar-refractivity contribution in [1.29, 1.82) is 0 Å². The van der Waals surface area contributed by atoms with Crippen molar-refractivity contribution in [2.45, 2.75) is 31.6 Å². The number of halogens is 1. The van der Waals surface area contributed by atoms with E-state index < -0.39 is 5.79 Å². The third kappa shape index (κ3) is 2.98. The monoisotopic (exact) mass is 405 g/mol. The quantitative estimate of drug-likeness (QED) is 0.690. The molecule has 4 heterocycles. The van der Waals surface area contributed by atoms with Crippen molar-refractivity contribution in [2.75, 3.05) is 26.3 Å². The Hall–Kier alpha value is -2.07. The summed E-state index contributed by atoms with van der Waals surface area (Å²) in [5, 5.41) is 15.1. The number of fused-ring (bicyclic) bond motifs is 1. The van der Waals surface area contributed by atoms with E-state index in [9.17, 15) is 9.50 Å². The number of quaternary nitrogens is 1. The Morgan fingerprint density at radius 2 is 2.04 bits per heavy atom. The fourth-order valence-corrected chi connectivity index (χ4v) is 5.51. The van der Waals surface area contributed by atoms with Gasteiger partial charge in [-0.2, -0.15) is 4.52 Å². The number of likely N-dealkylation sites (tertiary alicyclic amines) is 1. The minimum absolute atomic E-state index is 0.0796. The fraction of sp³-hybridized carbons (Fsp3) is 0.474. The zero-order valence-electron chi connectivity index (χ0n) is 15.5. The first-order valence-electron chi connectivity index (χ1n) is 9.48. The van der Waals surface area contributed by atoms with Gasteiger partial charge in [0.15, 0.2) is 11.8 Å². The highest BCUT2D eigenvalue weighted by Crippen LogP contribution is 2.36. The minimum Gasteiger partial charge on any atom is -0.492 e. The van der Waals surface area contributed by atoms with Crippen LogP contribution in [0.2, 0.25) is 0 Å². The number of ether oxygens (including phenoxy) is 2. The Balaban J connectivity index is 1.53. The molecular formula is C19H22FN4O3S+. The third-order valence-electron chi connectivity index (χ3n) is 5.63. The molecule has 0 bridgehead atoms. The highest BCUT2D eigenvalue weighted by Gasteiger charge is 2.45. The lowest BCUT2D eigenvalue weighted by atomic mass is 9.97. The van der Waals surface area contributed by atoms with Gasteiger partial charge in [0.2, 0.25) is 10.8 Å². The number of nitrogens with one attached hydrogen (secondary N) is 1. The Morgan fingerprint density at radius 1 is 1.29 bits per heavy atom. The van der Waals surface area contributed by atoms with Crippen LogP contribution in [0.1, 0.15) is 35.1 Å². The molecule has 2 aliphatic heterocycles. The number of rotatable bonds is 3. The van der Waals surface area contributed by atoms with Crippen molar-refractivity contribution in [3.8, 4) is 5.88 Å². The molecule has 0 aliphatic carbocycles. The van der Waals surface area contributed by atoms with Gasteiger partial charge in [-0.05, 0) is 19.1 Å². The highest BCUT2D eigenvalue weighted by molar-refractivity contribution is 7.17. The van der Waals surface area contributed by atoms with E-state index in [0.29, 0.717) is 24.0 Å². The summed E-state index contributed by atoms with van der Waals surface area (Å²) in [6.45, 7) is 4.66. The highest BCUT2D eigenvalue weighted by atomic mass is 32.1. The number of benzene rings is 1. The number of hydrogen-bond donors (Lipinski definition) is 2. The molecule has 9 heteroatoms. The van der Waals surface area contributed by atoms with Gasteiger partial charge < -0.3 is 19.5 Å². The SMILES string of the molecule is Cc1nc2sc([C@@H](c3cccc(F)c3)[NH+]3CCC4(CC3)OCCO4)c(O)n2n1. The lowest BCUT2D eigenvalue weighted by Gasteiger charge is -2.38. The first kappa shape index (κ1) is 18.0. The van der Waals surface area contributed by atoms with Gasteiger partial charge in [0.1, 0.15) is 16.5 Å². The van der Waals surface area contributed by atoms with Crippen molar-refractivity contribution >= 4 is 16.3 Å². The van der Waals surface area contributed by atoms with Crippen LogP contribution in [0.15, 0.2) is 24.3 Å². The molecule has 0 amide bonds. The number of hydrogen-bond acceptors (Lipinski definition) is 6. The van der Waals surface area contributed by atoms with Crippen molar-refractivity contribution in [3.63, 3.8) is 0 Å². The van der Waals surface area contributed by atoms with Gasteiger partial charge in [-0.1, -0.05) is 23.5 Å². The lowest BCUT2D eigenvalue weighted by Crippen LogP contribution is -3.14. The first-order chi connectivity index (χ1) is 13.5. The van der Waals surface area contributed by atoms with Gasteiger partial charge in [-0.15, -0.1) is 5.10 Å². The molecule has 2 N–H and O–H groups in total. The van der Waals surface area contributed by atoms with Crippen LogP contribution < -0.4 is 4.90 Å². The zero-order chi connectivity index (χ0) is 19.3. The van der Waals surface area contributed by atoms with E-state index in [1.807, 2.05) is 6.07 Å². The molecule has 2 aromatic heterocycles. The molecule has 1 spiro atoms. The number of piperidine rings is 1. The van der Waals surface area contributed by atoms with E-state index in [1.165, 1.54) is 26.8 Å². The van der Waals surface area contributed by atoms with E-state index in [1.54, 1.807) is 19.1 Å². The maximum atomic E-state index is 14.0. The Labute approximate surface area is 165 Å². The van der Waals surface area contributed by atoms with E-state index >= 15 is 0 Å². The van der Waals surface area contributed by atoms with Gasteiger partial charge in [0.25, 0.3) is 0 Å². The topological polar surface area (TPSA) is 73.3 Å². The van der Waals surface area contributed by atoms with E-state index in [0.717, 1.165) is 36.4 Å². The summed E-state index contributed by atoms with van der Waals surface area (Å²) >= 11 is 1.40. The van der Waals surface area contributed by atoms with Crippen LogP contribution in [0.25, 0.3) is 4.96 Å². The van der Waals surface area contributed by atoms with Crippen molar-refractivity contribution in [1.82, 2.24) is 14.6 Å². The maximum Gasteiger partial charge on any atom is 0.235 e. The second-order valence-corrected chi connectivity index (χ2v) is 8.41. The normalized spacial score (nSPS) is 20.9. The molecule has 148 valence electrons. The van der Waals surface area contributed by atoms with Crippen LogP contribution >= 0.6 is 11.3 Å². The van der Waals surface area contributed by atoms with Crippen molar-refractivity contribution < 1.29 is 23.9 Å². The molecular weight excluding hydrogens is 383 g/mol. The molecule has 0 saturated carbocycles. The molecule has 2 aliphatic rings. The Morgan fingerprint density at radius 3 is 2.71 bits per heavy atom. The average Bonchev–Trinajstić information content (AvgIpc) is 3.35. The van der Waals surface area contributed by atoms with Gasteiger partial charge in [0.05, 0.1) is 39.1 Å². The van der Waals surface area contributed by atoms with Crippen LogP contribution in [0.5, 0.6) is 5.88 Å². The summed E-state index contributed by atoms with van der Waals surface area (Å²) in [6, 6.07) is 6.40. The van der Waals surface area contributed by atoms with E-state index in [-0.39, 0.29) is 17.7 Å². The molecule has 1 atom stereocenters. The lowest BCUT2D eigenvalue weighted by molar-refractivity contribution is -0.933. The number of aryl methyl sites for hydroxylation is 1. The van der Waals surface area contributed by atoms with Crippen molar-refractivity contribution in [2.24, 2.45) is 0 Å². The summed E-state index contributed by atoms with van der Waals surface area (Å²) in [5.74, 6) is -0.0670. The fourth-order valence-electron chi connectivity index (χ4n) is 4.32. The first-order valence-corrected chi connectivity index (χ1v) is 10.3. The maximum absolute atomic E-state index is 14.0. The van der Waals surface area contributed by atoms with Gasteiger partial charge >= 0.3 is 0 Å². The standard InChI is InChI=1S/C19H21FN4O3S/c1-12-21-18-24(22-12)17(25)16(28-18)15(13-3-2-4-14(20)11-13)23-7-5-19(6-8-23)26-9-10-27-19/h2-4,11,15,25H,5-10H2,1H3/p+1/t15-/m1/s1. The summed E-state index contributed by atoms with van der Waals surface area (Å²) in [6.07, 6.45) is 1.55. The smallest absolute Gasteiger partial charge is 0.235 e. The molecule has 0 unspecified atom stereocenters. The van der Waals surface area contributed by atoms with Crippen LogP contribution in [-0.4, -0.2) is 51.8 Å². The second kappa shape index (κ2) is 6.77. The predicted molar refractivity (Wildman–Crippen MR) is 100 cm³/mol. The predicted octanol–water partition coefficient (Wildman–Crippen LogP) is 1.46. The van der Waals surface area contributed by atoms with Crippen molar-refractivity contribution in [3.05, 3.63) is 46.3 Å². The zero-order valence-corrected chi connectivity index (χ0v) is 16.3. The molecule has 7 nitrogen and oxygen atoms in total. The number of aromatic hydroxyl groups is 1. The van der Waals surface area contributed by atoms with Crippen LogP contribution in [0.4, 0.5) is 4.39 Å². The van der Waals surface area contributed by atoms with Gasteiger partial charge in [-0.3, -0.25) is 0 Å². The van der Waals surface area contributed by atoms with Crippen LogP contribution in [0.3, 0.4) is 0 Å². The molecule has 5 rings (SSSR count). The molecule has 2 fully saturated rings. The summed E-state index contributed by atoms with van der Waals surface area (Å²) in [5.41, 5.74) is 0.829. The molecule has 0 radical (unpaired) electrons. The van der Waals surface area contributed by atoms with Gasteiger partial charge in [0, 0.05) is 5.56 Å². The average molecular weight is 405 g/mol. The van der Waals surface area contributed by atoms with E-state index in [4.69, 9.17) is 9.47 Å². The molecule has 28 heavy (non-hydrogen) atoms. The van der Waals surface area contributed by atoms with Gasteiger partial charge in [-0.25, -0.2) is 9.37 Å². The Kier molecular flexibility index (Phi) is 4.35. The molecule has 3 aromatic rings.